The zero-order chi connectivity index (χ0) is 17.7. The van der Waals surface area contributed by atoms with E-state index in [1.54, 1.807) is 6.92 Å². The van der Waals surface area contributed by atoms with E-state index in [0.29, 0.717) is 5.16 Å². The molecule has 7 nitrogen and oxygen atoms in total. The van der Waals surface area contributed by atoms with Crippen LogP contribution in [0.15, 0.2) is 29.4 Å². The number of nitrogens with two attached hydrogens (primary N) is 1. The molecule has 0 aliphatic carbocycles. The maximum atomic E-state index is 11.9. The molecular weight excluding hydrogens is 326 g/mol. The summed E-state index contributed by atoms with van der Waals surface area (Å²) >= 11 is 1.25. The number of carbonyl (C=O) groups is 2. The molecule has 0 spiro atoms. The van der Waals surface area contributed by atoms with Crippen molar-refractivity contribution in [1.29, 1.82) is 0 Å². The van der Waals surface area contributed by atoms with Gasteiger partial charge in [0.15, 0.2) is 11.0 Å². The number of rotatable bonds is 6. The highest BCUT2D eigenvalue weighted by Crippen LogP contribution is 2.27. The Labute approximate surface area is 145 Å². The molecule has 1 aromatic carbocycles. The minimum absolute atomic E-state index is 0.448. The molecule has 1 aromatic heterocycles. The minimum Gasteiger partial charge on any atom is -0.351 e. The average molecular weight is 347 g/mol. The standard InChI is InChI=1S/C16H21N5O2S/c1-4-8-21-13(12-7-5-6-10(2)9-12)19-20-16(21)24-11(3)14(22)18-15(17)23/h5-7,9,11H,4,8H2,1-3H3,(H3,17,18,22,23). The summed E-state index contributed by atoms with van der Waals surface area (Å²) in [6, 6.07) is 7.18. The van der Waals surface area contributed by atoms with E-state index in [1.807, 2.05) is 35.8 Å². The summed E-state index contributed by atoms with van der Waals surface area (Å²) in [6.45, 7) is 6.52. The maximum absolute atomic E-state index is 11.9. The number of hydrogen-bond donors (Lipinski definition) is 2. The van der Waals surface area contributed by atoms with Gasteiger partial charge in [0.2, 0.25) is 5.91 Å². The summed E-state index contributed by atoms with van der Waals surface area (Å²) < 4.78 is 1.99. The number of nitrogens with one attached hydrogen (secondary N) is 1. The maximum Gasteiger partial charge on any atom is 0.318 e. The van der Waals surface area contributed by atoms with Crippen molar-refractivity contribution in [3.63, 3.8) is 0 Å². The number of hydrogen-bond acceptors (Lipinski definition) is 5. The van der Waals surface area contributed by atoms with Gasteiger partial charge >= 0.3 is 6.03 Å². The quantitative estimate of drug-likeness (QED) is 0.781. The van der Waals surface area contributed by atoms with Crippen molar-refractivity contribution in [2.75, 3.05) is 0 Å². The number of amides is 3. The Bertz CT molecular complexity index is 744. The Morgan fingerprint density at radius 1 is 1.38 bits per heavy atom. The van der Waals surface area contributed by atoms with Crippen LogP contribution in [0.2, 0.25) is 0 Å². The molecule has 2 aromatic rings. The molecule has 1 unspecified atom stereocenters. The first-order valence-electron chi connectivity index (χ1n) is 7.69. The summed E-state index contributed by atoms with van der Waals surface area (Å²) in [5, 5.41) is 10.7. The molecule has 0 aliphatic heterocycles. The van der Waals surface area contributed by atoms with Gasteiger partial charge in [0.05, 0.1) is 5.25 Å². The Kier molecular flexibility index (Phi) is 5.97. The zero-order valence-corrected chi connectivity index (χ0v) is 14.8. The lowest BCUT2D eigenvalue weighted by Crippen LogP contribution is -2.39. The summed E-state index contributed by atoms with van der Waals surface area (Å²) in [5.74, 6) is 0.321. The van der Waals surface area contributed by atoms with Crippen LogP contribution >= 0.6 is 11.8 Å². The number of thioether (sulfide) groups is 1. The van der Waals surface area contributed by atoms with E-state index in [-0.39, 0.29) is 0 Å². The van der Waals surface area contributed by atoms with Crippen LogP contribution in [0.3, 0.4) is 0 Å². The van der Waals surface area contributed by atoms with E-state index in [1.165, 1.54) is 11.8 Å². The van der Waals surface area contributed by atoms with E-state index in [4.69, 9.17) is 5.73 Å². The van der Waals surface area contributed by atoms with Crippen LogP contribution < -0.4 is 11.1 Å². The summed E-state index contributed by atoms with van der Waals surface area (Å²) in [5.41, 5.74) is 7.11. The molecule has 8 heteroatoms. The lowest BCUT2D eigenvalue weighted by Gasteiger charge is -2.12. The number of benzene rings is 1. The van der Waals surface area contributed by atoms with Gasteiger partial charge in [0.25, 0.3) is 0 Å². The lowest BCUT2D eigenvalue weighted by atomic mass is 10.1. The van der Waals surface area contributed by atoms with Gasteiger partial charge < -0.3 is 10.3 Å². The van der Waals surface area contributed by atoms with Crippen molar-refractivity contribution in [2.45, 2.75) is 44.1 Å². The van der Waals surface area contributed by atoms with E-state index in [0.717, 1.165) is 29.9 Å². The predicted molar refractivity (Wildman–Crippen MR) is 93.5 cm³/mol. The molecule has 1 atom stereocenters. The van der Waals surface area contributed by atoms with Crippen LogP contribution in [-0.2, 0) is 11.3 Å². The molecule has 0 aliphatic rings. The van der Waals surface area contributed by atoms with E-state index in [2.05, 4.69) is 22.4 Å². The summed E-state index contributed by atoms with van der Waals surface area (Å²) in [7, 11) is 0. The van der Waals surface area contributed by atoms with Gasteiger partial charge in [-0.15, -0.1) is 10.2 Å². The second kappa shape index (κ2) is 7.96. The Balaban J connectivity index is 2.28. The Hall–Kier alpha value is -2.35. The first-order chi connectivity index (χ1) is 11.4. The minimum atomic E-state index is -0.858. The average Bonchev–Trinajstić information content (AvgIpc) is 2.90. The fourth-order valence-corrected chi connectivity index (χ4v) is 3.11. The Morgan fingerprint density at radius 3 is 2.75 bits per heavy atom. The third-order valence-electron chi connectivity index (χ3n) is 3.34. The monoisotopic (exact) mass is 347 g/mol. The van der Waals surface area contributed by atoms with Crippen molar-refractivity contribution in [2.24, 2.45) is 5.73 Å². The van der Waals surface area contributed by atoms with Crippen molar-refractivity contribution in [3.05, 3.63) is 29.8 Å². The predicted octanol–water partition coefficient (Wildman–Crippen LogP) is 2.34. The van der Waals surface area contributed by atoms with Crippen molar-refractivity contribution >= 4 is 23.7 Å². The second-order valence-electron chi connectivity index (χ2n) is 5.44. The van der Waals surface area contributed by atoms with E-state index >= 15 is 0 Å². The molecule has 3 amide bonds. The smallest absolute Gasteiger partial charge is 0.318 e. The molecule has 0 bridgehead atoms. The molecule has 3 N–H and O–H groups in total. The first kappa shape index (κ1) is 18.0. The fourth-order valence-electron chi connectivity index (χ4n) is 2.23. The van der Waals surface area contributed by atoms with Crippen LogP contribution in [0.1, 0.15) is 25.8 Å². The van der Waals surface area contributed by atoms with Crippen LogP contribution in [0.4, 0.5) is 4.79 Å². The van der Waals surface area contributed by atoms with Crippen molar-refractivity contribution in [1.82, 2.24) is 20.1 Å². The van der Waals surface area contributed by atoms with E-state index in [9.17, 15) is 9.59 Å². The lowest BCUT2D eigenvalue weighted by molar-refractivity contribution is -0.119. The molecular formula is C16H21N5O2S. The van der Waals surface area contributed by atoms with Gasteiger partial charge in [0.1, 0.15) is 0 Å². The molecule has 128 valence electrons. The number of aromatic nitrogens is 3. The van der Waals surface area contributed by atoms with Crippen molar-refractivity contribution < 1.29 is 9.59 Å². The number of aryl methyl sites for hydroxylation is 1. The normalized spacial score (nSPS) is 12.0. The first-order valence-corrected chi connectivity index (χ1v) is 8.57. The third-order valence-corrected chi connectivity index (χ3v) is 4.42. The van der Waals surface area contributed by atoms with Gasteiger partial charge in [-0.05, 0) is 26.3 Å². The van der Waals surface area contributed by atoms with Crippen LogP contribution in [0.25, 0.3) is 11.4 Å². The van der Waals surface area contributed by atoms with Gasteiger partial charge in [-0.3, -0.25) is 10.1 Å². The van der Waals surface area contributed by atoms with Gasteiger partial charge in [0, 0.05) is 12.1 Å². The van der Waals surface area contributed by atoms with Crippen LogP contribution in [-0.4, -0.2) is 32.0 Å². The van der Waals surface area contributed by atoms with Gasteiger partial charge in [-0.2, -0.15) is 0 Å². The van der Waals surface area contributed by atoms with Crippen LogP contribution in [0.5, 0.6) is 0 Å². The zero-order valence-electron chi connectivity index (χ0n) is 13.9. The highest BCUT2D eigenvalue weighted by molar-refractivity contribution is 8.00. The number of urea groups is 1. The molecule has 1 heterocycles. The topological polar surface area (TPSA) is 103 Å². The SMILES string of the molecule is CCCn1c(SC(C)C(=O)NC(N)=O)nnc1-c1cccc(C)c1. The molecule has 24 heavy (non-hydrogen) atoms. The largest absolute Gasteiger partial charge is 0.351 e. The Morgan fingerprint density at radius 2 is 2.12 bits per heavy atom. The fraction of sp³-hybridized carbons (Fsp3) is 0.375. The summed E-state index contributed by atoms with van der Waals surface area (Å²) in [4.78, 5) is 22.7. The molecule has 0 saturated carbocycles. The van der Waals surface area contributed by atoms with Crippen molar-refractivity contribution in [3.8, 4) is 11.4 Å². The number of primary amides is 1. The number of nitrogens with zero attached hydrogens (tertiary/aromatic N) is 3. The summed E-state index contributed by atoms with van der Waals surface area (Å²) in [6.07, 6.45) is 0.909. The molecule has 0 radical (unpaired) electrons. The molecule has 2 rings (SSSR count). The van der Waals surface area contributed by atoms with Crippen LogP contribution in [0, 0.1) is 6.92 Å². The number of imide groups is 1. The van der Waals surface area contributed by atoms with E-state index < -0.39 is 17.2 Å². The molecule has 0 fully saturated rings. The molecule has 0 saturated heterocycles. The highest BCUT2D eigenvalue weighted by Gasteiger charge is 2.21. The highest BCUT2D eigenvalue weighted by atomic mass is 32.2. The third kappa shape index (κ3) is 4.35. The van der Waals surface area contributed by atoms with Gasteiger partial charge in [-0.25, -0.2) is 4.79 Å². The second-order valence-corrected chi connectivity index (χ2v) is 6.75. The number of carbonyl (C=O) groups excluding carboxylic acids is 2. The van der Waals surface area contributed by atoms with Gasteiger partial charge in [-0.1, -0.05) is 42.4 Å².